The fraction of sp³-hybridized carbons (Fsp3) is 0.360. The van der Waals surface area contributed by atoms with Crippen LogP contribution in [0.25, 0.3) is 16.5 Å². The van der Waals surface area contributed by atoms with Crippen LogP contribution in [-0.2, 0) is 0 Å². The maximum atomic E-state index is 10.1. The summed E-state index contributed by atoms with van der Waals surface area (Å²) >= 11 is 5.72. The molecule has 168 valence electrons. The second-order valence-corrected chi connectivity index (χ2v) is 8.91. The fourth-order valence-corrected chi connectivity index (χ4v) is 4.88. The molecule has 7 nitrogen and oxygen atoms in total. The Bertz CT molecular complexity index is 1350. The van der Waals surface area contributed by atoms with Crippen molar-refractivity contribution in [2.45, 2.75) is 45.4 Å². The molecule has 1 aromatic carbocycles. The first kappa shape index (κ1) is 22.6. The summed E-state index contributed by atoms with van der Waals surface area (Å²) in [4.78, 5) is 6.65. The molecule has 1 atom stereocenters. The number of benzene rings is 1. The lowest BCUT2D eigenvalue weighted by atomic mass is 9.98. The number of nitrogen functional groups attached to an aromatic ring is 2. The van der Waals surface area contributed by atoms with Crippen LogP contribution in [-0.4, -0.2) is 22.6 Å². The van der Waals surface area contributed by atoms with Crippen molar-refractivity contribution in [1.82, 2.24) is 9.55 Å². The molecule has 0 bridgehead atoms. The third kappa shape index (κ3) is 3.77. The fourth-order valence-electron chi connectivity index (χ4n) is 4.53. The summed E-state index contributed by atoms with van der Waals surface area (Å²) in [6.45, 7) is 5.91. The van der Waals surface area contributed by atoms with Gasteiger partial charge in [-0.25, -0.2) is 4.98 Å². The van der Waals surface area contributed by atoms with Crippen molar-refractivity contribution in [2.75, 3.05) is 29.5 Å². The zero-order chi connectivity index (χ0) is 23.7. The highest BCUT2D eigenvalue weighted by molar-refractivity contribution is 7.71. The molecule has 3 aromatic rings. The third-order valence-corrected chi connectivity index (χ3v) is 6.97. The molecule has 3 heterocycles. The quantitative estimate of drug-likeness (QED) is 0.519. The molecule has 0 amide bonds. The Kier molecular flexibility index (Phi) is 6.22. The minimum Gasteiger partial charge on any atom is -0.384 e. The van der Waals surface area contributed by atoms with E-state index in [1.807, 2.05) is 24.3 Å². The Morgan fingerprint density at radius 2 is 1.67 bits per heavy atom. The summed E-state index contributed by atoms with van der Waals surface area (Å²) in [6, 6.07) is 12.4. The van der Waals surface area contributed by atoms with E-state index in [1.165, 1.54) is 5.56 Å². The number of fused-ring (bicyclic) bond motifs is 1. The normalized spacial score (nSPS) is 14.6. The molecule has 0 saturated carbocycles. The zero-order valence-corrected chi connectivity index (χ0v) is 19.7. The number of piperidine rings is 1. The molecule has 1 aliphatic rings. The summed E-state index contributed by atoms with van der Waals surface area (Å²) in [5, 5.41) is 21.0. The van der Waals surface area contributed by atoms with Gasteiger partial charge in [0.05, 0.1) is 10.9 Å². The van der Waals surface area contributed by atoms with Crippen molar-refractivity contribution in [3.05, 3.63) is 45.6 Å². The van der Waals surface area contributed by atoms with Crippen molar-refractivity contribution in [1.29, 1.82) is 10.5 Å². The second-order valence-electron chi connectivity index (χ2n) is 8.52. The van der Waals surface area contributed by atoms with Crippen LogP contribution in [0.4, 0.5) is 17.5 Å². The minimum absolute atomic E-state index is 0.193. The van der Waals surface area contributed by atoms with Gasteiger partial charge in [0.25, 0.3) is 0 Å². The molecule has 1 unspecified atom stereocenters. The van der Waals surface area contributed by atoms with Gasteiger partial charge in [-0.3, -0.25) is 4.57 Å². The first-order valence-corrected chi connectivity index (χ1v) is 11.7. The average Bonchev–Trinajstić information content (AvgIpc) is 2.84. The van der Waals surface area contributed by atoms with Crippen molar-refractivity contribution in [3.63, 3.8) is 0 Å². The van der Waals surface area contributed by atoms with Gasteiger partial charge >= 0.3 is 0 Å². The Hall–Kier alpha value is -3.62. The van der Waals surface area contributed by atoms with E-state index in [0.29, 0.717) is 28.1 Å². The molecule has 1 aliphatic heterocycles. The molecule has 0 spiro atoms. The first-order chi connectivity index (χ1) is 15.9. The summed E-state index contributed by atoms with van der Waals surface area (Å²) in [5.41, 5.74) is 15.5. The van der Waals surface area contributed by atoms with E-state index < -0.39 is 0 Å². The van der Waals surface area contributed by atoms with Crippen LogP contribution < -0.4 is 16.4 Å². The van der Waals surface area contributed by atoms with E-state index in [4.69, 9.17) is 23.7 Å². The number of hydrogen-bond donors (Lipinski definition) is 2. The van der Waals surface area contributed by atoms with Gasteiger partial charge in [-0.1, -0.05) is 38.2 Å². The van der Waals surface area contributed by atoms with E-state index in [1.54, 1.807) is 4.57 Å². The van der Waals surface area contributed by atoms with Gasteiger partial charge in [0, 0.05) is 24.2 Å². The standard InChI is InChI=1S/C25H27N7S/c1-3-15(2)16-7-9-17(10-8-16)32-23(29)21-20(19(14-27)25(32)33)18(13-26)24(30-22(21)28)31-11-5-4-6-12-31/h7-10,15H,3-6,11-12,29H2,1-2H3,(H2,28,30). The Labute approximate surface area is 198 Å². The Morgan fingerprint density at radius 1 is 1.03 bits per heavy atom. The van der Waals surface area contributed by atoms with Gasteiger partial charge in [0.15, 0.2) is 0 Å². The minimum atomic E-state index is 0.193. The van der Waals surface area contributed by atoms with Crippen LogP contribution in [0.5, 0.6) is 0 Å². The van der Waals surface area contributed by atoms with Crippen LogP contribution in [0.1, 0.15) is 62.1 Å². The Morgan fingerprint density at radius 3 is 2.24 bits per heavy atom. The highest BCUT2D eigenvalue weighted by Gasteiger charge is 2.25. The molecular weight excluding hydrogens is 430 g/mol. The monoisotopic (exact) mass is 457 g/mol. The molecular formula is C25H27N7S. The van der Waals surface area contributed by atoms with E-state index in [2.05, 4.69) is 35.9 Å². The van der Waals surface area contributed by atoms with Gasteiger partial charge in [0.2, 0.25) is 0 Å². The average molecular weight is 458 g/mol. The molecule has 33 heavy (non-hydrogen) atoms. The smallest absolute Gasteiger partial charge is 0.149 e. The van der Waals surface area contributed by atoms with Gasteiger partial charge in [-0.2, -0.15) is 10.5 Å². The number of nitrogens with zero attached hydrogens (tertiary/aromatic N) is 5. The number of nitriles is 2. The summed E-state index contributed by atoms with van der Waals surface area (Å²) in [6.07, 6.45) is 4.22. The number of anilines is 3. The highest BCUT2D eigenvalue weighted by atomic mass is 32.1. The molecule has 1 fully saturated rings. The van der Waals surface area contributed by atoms with Crippen LogP contribution in [0.2, 0.25) is 0 Å². The van der Waals surface area contributed by atoms with Crippen LogP contribution in [0.3, 0.4) is 0 Å². The van der Waals surface area contributed by atoms with Crippen LogP contribution in [0.15, 0.2) is 24.3 Å². The lowest BCUT2D eigenvalue weighted by Gasteiger charge is -2.29. The number of rotatable bonds is 4. The summed E-state index contributed by atoms with van der Waals surface area (Å²) in [7, 11) is 0. The summed E-state index contributed by atoms with van der Waals surface area (Å²) < 4.78 is 1.90. The Balaban J connectivity index is 2.02. The molecule has 2 aromatic heterocycles. The third-order valence-electron chi connectivity index (χ3n) is 6.58. The van der Waals surface area contributed by atoms with Crippen molar-refractivity contribution >= 4 is 40.4 Å². The molecule has 1 saturated heterocycles. The highest BCUT2D eigenvalue weighted by Crippen LogP contribution is 2.38. The molecule has 0 aliphatic carbocycles. The number of aromatic nitrogens is 2. The maximum absolute atomic E-state index is 10.1. The van der Waals surface area contributed by atoms with Crippen molar-refractivity contribution in [2.24, 2.45) is 0 Å². The van der Waals surface area contributed by atoms with Gasteiger partial charge in [-0.05, 0) is 49.3 Å². The maximum Gasteiger partial charge on any atom is 0.149 e. The van der Waals surface area contributed by atoms with E-state index in [9.17, 15) is 10.5 Å². The first-order valence-electron chi connectivity index (χ1n) is 11.3. The van der Waals surface area contributed by atoms with Crippen molar-refractivity contribution in [3.8, 4) is 17.8 Å². The molecule has 8 heteroatoms. The zero-order valence-electron chi connectivity index (χ0n) is 18.9. The van der Waals surface area contributed by atoms with E-state index in [-0.39, 0.29) is 21.8 Å². The molecule has 4 rings (SSSR count). The SMILES string of the molecule is CCC(C)c1ccc(-n2c(N)c3c(N)nc(N4CCCCC4)c(C#N)c3c(C#N)c2=S)cc1. The number of nitrogens with two attached hydrogens (primary N) is 2. The van der Waals surface area contributed by atoms with Crippen molar-refractivity contribution < 1.29 is 0 Å². The van der Waals surface area contributed by atoms with Crippen LogP contribution in [0, 0.1) is 27.3 Å². The van der Waals surface area contributed by atoms with Crippen LogP contribution >= 0.6 is 12.2 Å². The van der Waals surface area contributed by atoms with Gasteiger partial charge in [0.1, 0.15) is 39.8 Å². The van der Waals surface area contributed by atoms with E-state index >= 15 is 0 Å². The number of hydrogen-bond acceptors (Lipinski definition) is 7. The lowest BCUT2D eigenvalue weighted by molar-refractivity contribution is 0.573. The topological polar surface area (TPSA) is 121 Å². The van der Waals surface area contributed by atoms with Gasteiger partial charge in [-0.15, -0.1) is 0 Å². The van der Waals surface area contributed by atoms with Gasteiger partial charge < -0.3 is 16.4 Å². The molecule has 0 radical (unpaired) electrons. The summed E-state index contributed by atoms with van der Waals surface area (Å²) in [5.74, 6) is 1.40. The van der Waals surface area contributed by atoms with E-state index in [0.717, 1.165) is 44.5 Å². The number of pyridine rings is 2. The predicted octanol–water partition coefficient (Wildman–Crippen LogP) is 5.17. The lowest BCUT2D eigenvalue weighted by Crippen LogP contribution is -2.31. The second kappa shape index (κ2) is 9.09. The predicted molar refractivity (Wildman–Crippen MR) is 135 cm³/mol. The largest absolute Gasteiger partial charge is 0.384 e. The molecule has 4 N–H and O–H groups in total.